The summed E-state index contributed by atoms with van der Waals surface area (Å²) >= 11 is 0. The zero-order chi connectivity index (χ0) is 23.7. The topological polar surface area (TPSA) is 104 Å². The van der Waals surface area contributed by atoms with Gasteiger partial charge in [0.2, 0.25) is 0 Å². The van der Waals surface area contributed by atoms with Crippen molar-refractivity contribution in [3.05, 3.63) is 90.4 Å². The van der Waals surface area contributed by atoms with E-state index in [1.165, 1.54) is 6.07 Å². The molecular weight excluding hydrogens is 450 g/mol. The number of hydrogen-bond donors (Lipinski definition) is 2. The lowest BCUT2D eigenvalue weighted by Crippen LogP contribution is -2.57. The standard InChI is InChI=1S/C25H23N5O3S/c1-17-14-19(25(31)30-15-21(16-30)28-20-9-12-26-13-10-20)7-8-22(17)29-34(32,33)23-6-2-4-18-5-3-11-27-24(18)23/h2-14,21,29H,15-16H2,1H3,(H,26,28). The van der Waals surface area contributed by atoms with Gasteiger partial charge in [0, 0.05) is 48.3 Å². The summed E-state index contributed by atoms with van der Waals surface area (Å²) in [5.41, 5.74) is 2.99. The van der Waals surface area contributed by atoms with E-state index in [2.05, 4.69) is 20.0 Å². The summed E-state index contributed by atoms with van der Waals surface area (Å²) in [7, 11) is -3.86. The summed E-state index contributed by atoms with van der Waals surface area (Å²) < 4.78 is 28.8. The number of carbonyl (C=O) groups is 1. The minimum Gasteiger partial charge on any atom is -0.379 e. The fourth-order valence-corrected chi connectivity index (χ4v) is 5.32. The molecule has 1 saturated heterocycles. The second-order valence-corrected chi connectivity index (χ2v) is 9.90. The van der Waals surface area contributed by atoms with E-state index in [0.717, 1.165) is 11.1 Å². The molecule has 0 spiro atoms. The molecule has 3 heterocycles. The first-order valence-electron chi connectivity index (χ1n) is 10.8. The van der Waals surface area contributed by atoms with Gasteiger partial charge < -0.3 is 10.2 Å². The third-order valence-electron chi connectivity index (χ3n) is 5.82. The monoisotopic (exact) mass is 473 g/mol. The smallest absolute Gasteiger partial charge is 0.264 e. The summed E-state index contributed by atoms with van der Waals surface area (Å²) in [6, 6.07) is 17.6. The first-order chi connectivity index (χ1) is 16.4. The number of nitrogens with zero attached hydrogens (tertiary/aromatic N) is 3. The van der Waals surface area contributed by atoms with Gasteiger partial charge in [-0.2, -0.15) is 0 Å². The highest BCUT2D eigenvalue weighted by Crippen LogP contribution is 2.26. The SMILES string of the molecule is Cc1cc(C(=O)N2CC(Nc3ccncc3)C2)ccc1NS(=O)(=O)c1cccc2cccnc12. The first kappa shape index (κ1) is 21.8. The average Bonchev–Trinajstić information content (AvgIpc) is 2.82. The maximum absolute atomic E-state index is 13.1. The van der Waals surface area contributed by atoms with E-state index in [4.69, 9.17) is 0 Å². The van der Waals surface area contributed by atoms with Crippen molar-refractivity contribution in [2.24, 2.45) is 0 Å². The molecule has 5 rings (SSSR count). The van der Waals surface area contributed by atoms with Crippen molar-refractivity contribution in [2.45, 2.75) is 17.9 Å². The Morgan fingerprint density at radius 2 is 1.76 bits per heavy atom. The number of sulfonamides is 1. The zero-order valence-electron chi connectivity index (χ0n) is 18.5. The minimum absolute atomic E-state index is 0.0801. The molecule has 1 aliphatic rings. The van der Waals surface area contributed by atoms with E-state index in [1.807, 2.05) is 24.3 Å². The highest BCUT2D eigenvalue weighted by atomic mass is 32.2. The number of anilines is 2. The molecule has 1 amide bonds. The molecule has 1 fully saturated rings. The van der Waals surface area contributed by atoms with Crippen LogP contribution in [0.4, 0.5) is 11.4 Å². The fourth-order valence-electron chi connectivity index (χ4n) is 4.01. The number of nitrogens with one attached hydrogen (secondary N) is 2. The molecule has 0 unspecified atom stereocenters. The predicted molar refractivity (Wildman–Crippen MR) is 131 cm³/mol. The van der Waals surface area contributed by atoms with Gasteiger partial charge >= 0.3 is 0 Å². The molecule has 9 heteroatoms. The van der Waals surface area contributed by atoms with Crippen LogP contribution in [0.25, 0.3) is 10.9 Å². The van der Waals surface area contributed by atoms with Gasteiger partial charge in [-0.1, -0.05) is 18.2 Å². The number of amides is 1. The Morgan fingerprint density at radius 3 is 2.53 bits per heavy atom. The number of aromatic nitrogens is 2. The number of likely N-dealkylation sites (tertiary alicyclic amines) is 1. The van der Waals surface area contributed by atoms with E-state index >= 15 is 0 Å². The summed E-state index contributed by atoms with van der Waals surface area (Å²) in [4.78, 5) is 23.0. The van der Waals surface area contributed by atoms with Crippen LogP contribution in [0.3, 0.4) is 0 Å². The quantitative estimate of drug-likeness (QED) is 0.443. The van der Waals surface area contributed by atoms with Crippen LogP contribution >= 0.6 is 0 Å². The number of benzene rings is 2. The van der Waals surface area contributed by atoms with Crippen LogP contribution in [-0.2, 0) is 10.0 Å². The third-order valence-corrected chi connectivity index (χ3v) is 7.22. The average molecular weight is 474 g/mol. The molecular formula is C25H23N5O3S. The van der Waals surface area contributed by atoms with Crippen molar-refractivity contribution >= 4 is 38.2 Å². The molecule has 172 valence electrons. The molecule has 0 aliphatic carbocycles. The molecule has 4 aromatic rings. The van der Waals surface area contributed by atoms with Gasteiger partial charge in [0.1, 0.15) is 4.90 Å². The van der Waals surface area contributed by atoms with Crippen molar-refractivity contribution in [1.82, 2.24) is 14.9 Å². The van der Waals surface area contributed by atoms with Crippen molar-refractivity contribution in [2.75, 3.05) is 23.1 Å². The van der Waals surface area contributed by atoms with Crippen LogP contribution in [0.1, 0.15) is 15.9 Å². The zero-order valence-corrected chi connectivity index (χ0v) is 19.3. The molecule has 2 aromatic carbocycles. The van der Waals surface area contributed by atoms with Crippen LogP contribution in [-0.4, -0.2) is 48.3 Å². The number of fused-ring (bicyclic) bond motifs is 1. The molecule has 2 aromatic heterocycles. The minimum atomic E-state index is -3.86. The second-order valence-electron chi connectivity index (χ2n) is 8.25. The lowest BCUT2D eigenvalue weighted by molar-refractivity contribution is 0.0625. The Kier molecular flexibility index (Phi) is 5.62. The summed E-state index contributed by atoms with van der Waals surface area (Å²) in [5, 5.41) is 4.12. The van der Waals surface area contributed by atoms with Gasteiger partial charge in [-0.3, -0.25) is 19.5 Å². The number of aryl methyl sites for hydroxylation is 1. The van der Waals surface area contributed by atoms with Crippen LogP contribution in [0.2, 0.25) is 0 Å². The van der Waals surface area contributed by atoms with Gasteiger partial charge in [-0.25, -0.2) is 8.42 Å². The van der Waals surface area contributed by atoms with Gasteiger partial charge in [-0.15, -0.1) is 0 Å². The second kappa shape index (κ2) is 8.75. The predicted octanol–water partition coefficient (Wildman–Crippen LogP) is 3.68. The lowest BCUT2D eigenvalue weighted by Gasteiger charge is -2.40. The molecule has 34 heavy (non-hydrogen) atoms. The number of pyridine rings is 2. The third kappa shape index (κ3) is 4.29. The Hall–Kier alpha value is -3.98. The van der Waals surface area contributed by atoms with E-state index in [0.29, 0.717) is 35.4 Å². The van der Waals surface area contributed by atoms with Crippen molar-refractivity contribution in [3.63, 3.8) is 0 Å². The van der Waals surface area contributed by atoms with Crippen molar-refractivity contribution in [3.8, 4) is 0 Å². The van der Waals surface area contributed by atoms with E-state index < -0.39 is 10.0 Å². The normalized spacial score (nSPS) is 14.0. The molecule has 1 aliphatic heterocycles. The first-order valence-corrected chi connectivity index (χ1v) is 12.3. The number of para-hydroxylation sites is 1. The number of rotatable bonds is 6. The largest absolute Gasteiger partial charge is 0.379 e. The van der Waals surface area contributed by atoms with Crippen LogP contribution in [0.5, 0.6) is 0 Å². The maximum Gasteiger partial charge on any atom is 0.264 e. The van der Waals surface area contributed by atoms with Gasteiger partial charge in [-0.05, 0) is 55.0 Å². The van der Waals surface area contributed by atoms with E-state index in [9.17, 15) is 13.2 Å². The van der Waals surface area contributed by atoms with Crippen molar-refractivity contribution in [1.29, 1.82) is 0 Å². The number of hydrogen-bond acceptors (Lipinski definition) is 6. The molecule has 8 nitrogen and oxygen atoms in total. The Balaban J connectivity index is 1.28. The summed E-state index contributed by atoms with van der Waals surface area (Å²) in [5.74, 6) is -0.0801. The summed E-state index contributed by atoms with van der Waals surface area (Å²) in [6.07, 6.45) is 5.01. The molecule has 0 radical (unpaired) electrons. The fraction of sp³-hybridized carbons (Fsp3) is 0.160. The maximum atomic E-state index is 13.1. The molecule has 0 bridgehead atoms. The van der Waals surface area contributed by atoms with Crippen LogP contribution < -0.4 is 10.0 Å². The van der Waals surface area contributed by atoms with Crippen LogP contribution in [0.15, 0.2) is 84.1 Å². The van der Waals surface area contributed by atoms with Gasteiger partial charge in [0.25, 0.3) is 15.9 Å². The lowest BCUT2D eigenvalue weighted by atomic mass is 10.0. The van der Waals surface area contributed by atoms with E-state index in [-0.39, 0.29) is 16.8 Å². The highest BCUT2D eigenvalue weighted by Gasteiger charge is 2.31. The Bertz CT molecular complexity index is 1460. The van der Waals surface area contributed by atoms with Crippen LogP contribution in [0, 0.1) is 6.92 Å². The number of carbonyl (C=O) groups excluding carboxylic acids is 1. The van der Waals surface area contributed by atoms with E-state index in [1.54, 1.807) is 60.7 Å². The van der Waals surface area contributed by atoms with Crippen molar-refractivity contribution < 1.29 is 13.2 Å². The summed E-state index contributed by atoms with van der Waals surface area (Å²) in [6.45, 7) is 2.98. The Labute approximate surface area is 197 Å². The molecule has 2 N–H and O–H groups in total. The molecule has 0 saturated carbocycles. The van der Waals surface area contributed by atoms with Gasteiger partial charge in [0.05, 0.1) is 17.2 Å². The van der Waals surface area contributed by atoms with Gasteiger partial charge in [0.15, 0.2) is 0 Å². The molecule has 0 atom stereocenters. The Morgan fingerprint density at radius 1 is 1.00 bits per heavy atom. The highest BCUT2D eigenvalue weighted by molar-refractivity contribution is 7.93.